The fourth-order valence-corrected chi connectivity index (χ4v) is 2.51. The van der Waals surface area contributed by atoms with Gasteiger partial charge in [0.1, 0.15) is 11.6 Å². The van der Waals surface area contributed by atoms with Crippen molar-refractivity contribution < 1.29 is 27.1 Å². The molecule has 0 aliphatic heterocycles. The van der Waals surface area contributed by atoms with E-state index in [9.17, 15) is 27.1 Å². The summed E-state index contributed by atoms with van der Waals surface area (Å²) in [5, 5.41) is 12.8. The molecule has 0 amide bonds. The highest BCUT2D eigenvalue weighted by Crippen LogP contribution is 2.29. The van der Waals surface area contributed by atoms with E-state index >= 15 is 0 Å². The maximum Gasteiger partial charge on any atom is 0.416 e. The summed E-state index contributed by atoms with van der Waals surface area (Å²) in [7, 11) is 0. The monoisotopic (exact) mass is 374 g/mol. The van der Waals surface area contributed by atoms with Gasteiger partial charge < -0.3 is 16.2 Å². The summed E-state index contributed by atoms with van der Waals surface area (Å²) >= 11 is 0. The molecule has 26 heavy (non-hydrogen) atoms. The first-order valence-electron chi connectivity index (χ1n) is 7.90. The third kappa shape index (κ3) is 6.05. The van der Waals surface area contributed by atoms with Crippen LogP contribution < -0.4 is 11.1 Å². The van der Waals surface area contributed by atoms with Crippen LogP contribution >= 0.6 is 0 Å². The quantitative estimate of drug-likeness (QED) is 0.653. The van der Waals surface area contributed by atoms with E-state index in [1.807, 2.05) is 0 Å². The van der Waals surface area contributed by atoms with Gasteiger partial charge in [-0.2, -0.15) is 13.2 Å². The molecule has 0 radical (unpaired) electrons. The largest absolute Gasteiger partial charge is 0.416 e. The van der Waals surface area contributed by atoms with Crippen LogP contribution in [-0.2, 0) is 19.1 Å². The lowest BCUT2D eigenvalue weighted by Gasteiger charge is -2.20. The van der Waals surface area contributed by atoms with Gasteiger partial charge in [-0.05, 0) is 35.7 Å². The topological polar surface area (TPSA) is 58.3 Å². The summed E-state index contributed by atoms with van der Waals surface area (Å²) in [5.41, 5.74) is 5.80. The first-order valence-corrected chi connectivity index (χ1v) is 7.90. The number of nitrogens with two attached hydrogens (primary N) is 1. The molecule has 3 nitrogen and oxygen atoms in total. The van der Waals surface area contributed by atoms with E-state index in [1.165, 1.54) is 12.1 Å². The fraction of sp³-hybridized carbons (Fsp3) is 0.333. The molecule has 0 heterocycles. The van der Waals surface area contributed by atoms with E-state index in [2.05, 4.69) is 5.32 Å². The van der Waals surface area contributed by atoms with Gasteiger partial charge in [-0.1, -0.05) is 18.2 Å². The van der Waals surface area contributed by atoms with Crippen molar-refractivity contribution in [2.24, 2.45) is 5.73 Å². The molecule has 8 heteroatoms. The normalized spacial score (nSPS) is 14.3. The van der Waals surface area contributed by atoms with Crippen LogP contribution in [0.3, 0.4) is 0 Å². The molecule has 4 N–H and O–H groups in total. The lowest BCUT2D eigenvalue weighted by atomic mass is 10.0. The number of hydrogen-bond donors (Lipinski definition) is 3. The average molecular weight is 374 g/mol. The van der Waals surface area contributed by atoms with Crippen LogP contribution in [0.4, 0.5) is 22.0 Å². The van der Waals surface area contributed by atoms with Gasteiger partial charge >= 0.3 is 6.18 Å². The molecule has 0 saturated heterocycles. The minimum atomic E-state index is -4.42. The molecule has 0 unspecified atom stereocenters. The predicted octanol–water partition coefficient (Wildman–Crippen LogP) is 3.00. The summed E-state index contributed by atoms with van der Waals surface area (Å²) in [5.74, 6) is -1.46. The molecule has 0 fully saturated rings. The number of benzene rings is 2. The summed E-state index contributed by atoms with van der Waals surface area (Å²) in [6, 6.07) is 7.05. The Morgan fingerprint density at radius 3 is 2.27 bits per heavy atom. The van der Waals surface area contributed by atoms with Gasteiger partial charge in [0.05, 0.1) is 11.7 Å². The smallest absolute Gasteiger partial charge is 0.390 e. The van der Waals surface area contributed by atoms with Crippen LogP contribution in [0, 0.1) is 11.6 Å². The van der Waals surface area contributed by atoms with Crippen molar-refractivity contribution in [3.05, 3.63) is 70.8 Å². The molecule has 2 rings (SSSR count). The van der Waals surface area contributed by atoms with E-state index in [-0.39, 0.29) is 19.5 Å². The molecular weight excluding hydrogens is 355 g/mol. The molecule has 0 aromatic heterocycles. The van der Waals surface area contributed by atoms with Gasteiger partial charge in [0.25, 0.3) is 0 Å². The van der Waals surface area contributed by atoms with Gasteiger partial charge in [0.15, 0.2) is 0 Å². The number of alkyl halides is 3. The van der Waals surface area contributed by atoms with Crippen molar-refractivity contribution >= 4 is 0 Å². The molecule has 0 spiro atoms. The second-order valence-corrected chi connectivity index (χ2v) is 6.04. The number of aliphatic hydroxyl groups is 1. The van der Waals surface area contributed by atoms with Gasteiger partial charge in [0, 0.05) is 25.2 Å². The Bertz CT molecular complexity index is 716. The second-order valence-electron chi connectivity index (χ2n) is 6.04. The Morgan fingerprint density at radius 2 is 1.65 bits per heavy atom. The minimum absolute atomic E-state index is 0.0230. The molecule has 0 bridgehead atoms. The van der Waals surface area contributed by atoms with E-state index in [1.54, 1.807) is 0 Å². The zero-order valence-corrected chi connectivity index (χ0v) is 13.7. The summed E-state index contributed by atoms with van der Waals surface area (Å²) in [6.45, 7) is 0.136. The molecule has 2 atom stereocenters. The van der Waals surface area contributed by atoms with Gasteiger partial charge in [-0.3, -0.25) is 0 Å². The fourth-order valence-electron chi connectivity index (χ4n) is 2.51. The number of aliphatic hydroxyl groups excluding tert-OH is 1. The molecule has 2 aromatic carbocycles. The SMILES string of the molecule is N[C@@H](Cc1cc(F)cc(F)c1)[C@H](O)CNCc1cccc(C(F)(F)F)c1. The maximum absolute atomic E-state index is 13.2. The highest BCUT2D eigenvalue weighted by Gasteiger charge is 2.30. The third-order valence-corrected chi connectivity index (χ3v) is 3.82. The Balaban J connectivity index is 1.85. The lowest BCUT2D eigenvalue weighted by molar-refractivity contribution is -0.137. The van der Waals surface area contributed by atoms with E-state index in [4.69, 9.17) is 5.73 Å². The summed E-state index contributed by atoms with van der Waals surface area (Å²) in [4.78, 5) is 0. The van der Waals surface area contributed by atoms with Crippen molar-refractivity contribution in [1.82, 2.24) is 5.32 Å². The molecule has 142 valence electrons. The molecule has 0 aliphatic carbocycles. The maximum atomic E-state index is 13.2. The van der Waals surface area contributed by atoms with Crippen molar-refractivity contribution in [1.29, 1.82) is 0 Å². The number of halogens is 5. The molecule has 0 aliphatic rings. The van der Waals surface area contributed by atoms with Crippen molar-refractivity contribution in [3.8, 4) is 0 Å². The summed E-state index contributed by atoms with van der Waals surface area (Å²) in [6.07, 6.45) is -5.40. The number of rotatable bonds is 7. The Morgan fingerprint density at radius 1 is 1.00 bits per heavy atom. The van der Waals surface area contributed by atoms with Crippen LogP contribution in [-0.4, -0.2) is 23.8 Å². The highest BCUT2D eigenvalue weighted by atomic mass is 19.4. The Labute approximate surface area is 147 Å². The minimum Gasteiger partial charge on any atom is -0.390 e. The van der Waals surface area contributed by atoms with Gasteiger partial charge in [-0.15, -0.1) is 0 Å². The van der Waals surface area contributed by atoms with Crippen LogP contribution in [0.25, 0.3) is 0 Å². The van der Waals surface area contributed by atoms with Crippen LogP contribution in [0.15, 0.2) is 42.5 Å². The van der Waals surface area contributed by atoms with Crippen molar-refractivity contribution in [2.45, 2.75) is 31.3 Å². The highest BCUT2D eigenvalue weighted by molar-refractivity contribution is 5.25. The van der Waals surface area contributed by atoms with Crippen molar-refractivity contribution in [3.63, 3.8) is 0 Å². The lowest BCUT2D eigenvalue weighted by Crippen LogP contribution is -2.43. The van der Waals surface area contributed by atoms with Crippen molar-refractivity contribution in [2.75, 3.05) is 6.54 Å². The van der Waals surface area contributed by atoms with E-state index < -0.39 is 35.5 Å². The van der Waals surface area contributed by atoms with Gasteiger partial charge in [-0.25, -0.2) is 8.78 Å². The second kappa shape index (κ2) is 8.57. The Kier molecular flexibility index (Phi) is 6.69. The number of hydrogen-bond acceptors (Lipinski definition) is 3. The third-order valence-electron chi connectivity index (χ3n) is 3.82. The van der Waals surface area contributed by atoms with Gasteiger partial charge in [0.2, 0.25) is 0 Å². The standard InChI is InChI=1S/C18H19F5N2O/c19-14-5-12(6-15(20)8-14)7-16(24)17(26)10-25-9-11-2-1-3-13(4-11)18(21,22)23/h1-6,8,16-17,25-26H,7,9-10,24H2/t16-,17+/m0/s1. The molecular formula is C18H19F5N2O. The average Bonchev–Trinajstić information content (AvgIpc) is 2.53. The van der Waals surface area contributed by atoms with Crippen LogP contribution in [0.5, 0.6) is 0 Å². The first kappa shape index (κ1) is 20.3. The summed E-state index contributed by atoms with van der Waals surface area (Å²) < 4.78 is 64.3. The molecule has 2 aromatic rings. The zero-order valence-electron chi connectivity index (χ0n) is 13.7. The predicted molar refractivity (Wildman–Crippen MR) is 87.2 cm³/mol. The van der Waals surface area contributed by atoms with E-state index in [0.717, 1.165) is 30.3 Å². The van der Waals surface area contributed by atoms with Crippen LogP contribution in [0.2, 0.25) is 0 Å². The van der Waals surface area contributed by atoms with E-state index in [0.29, 0.717) is 11.1 Å². The molecule has 0 saturated carbocycles. The first-order chi connectivity index (χ1) is 12.1. The Hall–Kier alpha value is -2.03. The zero-order chi connectivity index (χ0) is 19.3. The number of nitrogens with one attached hydrogen (secondary N) is 1. The van der Waals surface area contributed by atoms with Crippen LogP contribution in [0.1, 0.15) is 16.7 Å².